The molecule has 5 rings (SSSR count). The van der Waals surface area contributed by atoms with Crippen LogP contribution in [0.2, 0.25) is 0 Å². The van der Waals surface area contributed by atoms with E-state index in [4.69, 9.17) is 4.74 Å². The largest absolute Gasteiger partial charge is 0.507 e. The molecule has 33 heavy (non-hydrogen) atoms. The van der Waals surface area contributed by atoms with E-state index in [1.165, 1.54) is 4.90 Å². The monoisotopic (exact) mass is 439 g/mol. The van der Waals surface area contributed by atoms with Crippen LogP contribution in [0.5, 0.6) is 5.75 Å². The van der Waals surface area contributed by atoms with E-state index in [0.29, 0.717) is 17.9 Å². The summed E-state index contributed by atoms with van der Waals surface area (Å²) in [4.78, 5) is 28.2. The van der Waals surface area contributed by atoms with Crippen molar-refractivity contribution >= 4 is 23.1 Å². The molecule has 5 heteroatoms. The summed E-state index contributed by atoms with van der Waals surface area (Å²) in [7, 11) is 0. The number of hydrogen-bond acceptors (Lipinski definition) is 4. The Kier molecular flexibility index (Phi) is 5.25. The summed E-state index contributed by atoms with van der Waals surface area (Å²) < 4.78 is 5.68. The van der Waals surface area contributed by atoms with Gasteiger partial charge in [0.25, 0.3) is 11.7 Å². The van der Waals surface area contributed by atoms with E-state index in [1.807, 2.05) is 74.5 Å². The van der Waals surface area contributed by atoms with Gasteiger partial charge in [0.1, 0.15) is 11.5 Å². The number of ketones is 1. The second-order valence-corrected chi connectivity index (χ2v) is 8.57. The van der Waals surface area contributed by atoms with Crippen molar-refractivity contribution in [3.05, 3.63) is 100 Å². The summed E-state index contributed by atoms with van der Waals surface area (Å²) in [6.45, 7) is 4.59. The van der Waals surface area contributed by atoms with Crippen LogP contribution in [0.4, 0.5) is 5.69 Å². The van der Waals surface area contributed by atoms with Gasteiger partial charge in [0.15, 0.2) is 0 Å². The Hall–Kier alpha value is -3.86. The molecular weight excluding hydrogens is 414 g/mol. The van der Waals surface area contributed by atoms with E-state index < -0.39 is 17.7 Å². The number of aliphatic hydroxyl groups is 1. The molecule has 1 atom stereocenters. The number of ether oxygens (including phenoxy) is 1. The van der Waals surface area contributed by atoms with Crippen LogP contribution in [-0.4, -0.2) is 23.4 Å². The van der Waals surface area contributed by atoms with Gasteiger partial charge in [-0.15, -0.1) is 0 Å². The lowest BCUT2D eigenvalue weighted by atomic mass is 9.93. The zero-order valence-electron chi connectivity index (χ0n) is 18.7. The van der Waals surface area contributed by atoms with Crippen LogP contribution >= 0.6 is 0 Å². The van der Waals surface area contributed by atoms with Crippen LogP contribution in [0.3, 0.4) is 0 Å². The Balaban J connectivity index is 1.71. The third-order valence-corrected chi connectivity index (χ3v) is 6.58. The maximum Gasteiger partial charge on any atom is 0.300 e. The smallest absolute Gasteiger partial charge is 0.300 e. The van der Waals surface area contributed by atoms with Gasteiger partial charge in [-0.1, -0.05) is 42.5 Å². The molecule has 0 bridgehead atoms. The first-order valence-electron chi connectivity index (χ1n) is 11.2. The molecule has 5 nitrogen and oxygen atoms in total. The minimum Gasteiger partial charge on any atom is -0.507 e. The van der Waals surface area contributed by atoms with Crippen molar-refractivity contribution in [1.82, 2.24) is 0 Å². The summed E-state index contributed by atoms with van der Waals surface area (Å²) in [6.07, 6.45) is 1.74. The molecule has 0 radical (unpaired) electrons. The number of anilines is 1. The van der Waals surface area contributed by atoms with Crippen LogP contribution in [0.25, 0.3) is 5.76 Å². The van der Waals surface area contributed by atoms with E-state index in [9.17, 15) is 14.7 Å². The molecule has 1 amide bonds. The molecule has 1 saturated heterocycles. The molecule has 0 aliphatic carbocycles. The van der Waals surface area contributed by atoms with Crippen molar-refractivity contribution in [2.75, 3.05) is 11.5 Å². The molecule has 2 aliphatic rings. The van der Waals surface area contributed by atoms with Crippen molar-refractivity contribution in [3.8, 4) is 5.75 Å². The zero-order chi connectivity index (χ0) is 23.1. The van der Waals surface area contributed by atoms with Gasteiger partial charge in [0.05, 0.1) is 18.2 Å². The number of aliphatic hydroxyl groups excluding tert-OH is 1. The molecule has 1 fully saturated rings. The normalized spacial score (nSPS) is 19.3. The van der Waals surface area contributed by atoms with E-state index in [1.54, 1.807) is 6.07 Å². The molecule has 0 saturated carbocycles. The molecule has 3 aromatic rings. The molecule has 0 aromatic heterocycles. The van der Waals surface area contributed by atoms with E-state index in [2.05, 4.69) is 0 Å². The number of aryl methyl sites for hydroxylation is 2. The lowest BCUT2D eigenvalue weighted by Crippen LogP contribution is -2.30. The van der Waals surface area contributed by atoms with Gasteiger partial charge in [0.2, 0.25) is 0 Å². The molecule has 0 spiro atoms. The van der Waals surface area contributed by atoms with Crippen molar-refractivity contribution < 1.29 is 19.4 Å². The summed E-state index contributed by atoms with van der Waals surface area (Å²) >= 11 is 0. The summed E-state index contributed by atoms with van der Waals surface area (Å²) in [5, 5.41) is 11.4. The lowest BCUT2D eigenvalue weighted by Gasteiger charge is -2.27. The Morgan fingerprint density at radius 3 is 2.58 bits per heavy atom. The van der Waals surface area contributed by atoms with Gasteiger partial charge < -0.3 is 9.84 Å². The fourth-order valence-corrected chi connectivity index (χ4v) is 4.69. The molecule has 1 unspecified atom stereocenters. The highest BCUT2D eigenvalue weighted by Gasteiger charge is 2.47. The van der Waals surface area contributed by atoms with Gasteiger partial charge >= 0.3 is 0 Å². The highest BCUT2D eigenvalue weighted by molar-refractivity contribution is 6.51. The van der Waals surface area contributed by atoms with Crippen molar-refractivity contribution in [3.63, 3.8) is 0 Å². The number of hydrogen-bond donors (Lipinski definition) is 1. The van der Waals surface area contributed by atoms with E-state index >= 15 is 0 Å². The zero-order valence-corrected chi connectivity index (χ0v) is 18.7. The summed E-state index contributed by atoms with van der Waals surface area (Å²) in [5.74, 6) is -0.687. The quantitative estimate of drug-likeness (QED) is 0.344. The Morgan fingerprint density at radius 2 is 1.79 bits per heavy atom. The van der Waals surface area contributed by atoms with E-state index in [-0.39, 0.29) is 11.3 Å². The number of nitrogens with zero attached hydrogens (tertiary/aromatic N) is 1. The Labute approximate surface area is 192 Å². The van der Waals surface area contributed by atoms with Gasteiger partial charge in [-0.2, -0.15) is 0 Å². The van der Waals surface area contributed by atoms with Crippen LogP contribution in [-0.2, 0) is 16.0 Å². The second kappa shape index (κ2) is 8.24. The topological polar surface area (TPSA) is 66.8 Å². The highest BCUT2D eigenvalue weighted by Crippen LogP contribution is 2.43. The van der Waals surface area contributed by atoms with Crippen molar-refractivity contribution in [1.29, 1.82) is 0 Å². The fraction of sp³-hybridized carbons (Fsp3) is 0.214. The first kappa shape index (κ1) is 21.0. The average molecular weight is 440 g/mol. The minimum atomic E-state index is -0.723. The standard InChI is InChI=1S/C28H25NO4/c1-17-8-6-12-22(18(17)2)29-25(19-9-4-3-5-10-19)24(27(31)28(29)32)26(30)21-13-14-23-20(16-21)11-7-15-33-23/h3-6,8-10,12-14,16,25,30H,7,11,15H2,1-2H3/b26-24-. The maximum absolute atomic E-state index is 13.3. The molecule has 166 valence electrons. The van der Waals surface area contributed by atoms with Crippen LogP contribution < -0.4 is 9.64 Å². The first-order valence-corrected chi connectivity index (χ1v) is 11.2. The van der Waals surface area contributed by atoms with Crippen LogP contribution in [0.1, 0.15) is 40.3 Å². The second-order valence-electron chi connectivity index (χ2n) is 8.57. The predicted octanol–water partition coefficient (Wildman–Crippen LogP) is 5.25. The number of carbonyl (C=O) groups excluding carboxylic acids is 2. The molecule has 1 N–H and O–H groups in total. The minimum absolute atomic E-state index is 0.101. The molecule has 2 heterocycles. The maximum atomic E-state index is 13.3. The third-order valence-electron chi connectivity index (χ3n) is 6.58. The molecule has 2 aliphatic heterocycles. The van der Waals surface area contributed by atoms with Gasteiger partial charge in [0, 0.05) is 11.3 Å². The third kappa shape index (κ3) is 3.50. The predicted molar refractivity (Wildman–Crippen MR) is 127 cm³/mol. The van der Waals surface area contributed by atoms with Crippen molar-refractivity contribution in [2.24, 2.45) is 0 Å². The Morgan fingerprint density at radius 1 is 1.00 bits per heavy atom. The Bertz CT molecular complexity index is 1290. The fourth-order valence-electron chi connectivity index (χ4n) is 4.69. The van der Waals surface area contributed by atoms with Gasteiger partial charge in [-0.05, 0) is 73.2 Å². The molecule has 3 aromatic carbocycles. The molecular formula is C28H25NO4. The lowest BCUT2D eigenvalue weighted by molar-refractivity contribution is -0.132. The summed E-state index contributed by atoms with van der Waals surface area (Å²) in [6, 6.07) is 19.8. The van der Waals surface area contributed by atoms with Gasteiger partial charge in [-0.25, -0.2) is 0 Å². The van der Waals surface area contributed by atoms with Crippen molar-refractivity contribution in [2.45, 2.75) is 32.7 Å². The van der Waals surface area contributed by atoms with Crippen LogP contribution in [0, 0.1) is 13.8 Å². The number of fused-ring (bicyclic) bond motifs is 1. The number of benzene rings is 3. The van der Waals surface area contributed by atoms with E-state index in [0.717, 1.165) is 40.8 Å². The first-order chi connectivity index (χ1) is 16.0. The summed E-state index contributed by atoms with van der Waals surface area (Å²) in [5.41, 5.74) is 4.99. The number of rotatable bonds is 3. The highest BCUT2D eigenvalue weighted by atomic mass is 16.5. The SMILES string of the molecule is Cc1cccc(N2C(=O)C(=O)/C(=C(\O)c3ccc4c(c3)CCCO4)C2c2ccccc2)c1C. The average Bonchev–Trinajstić information content (AvgIpc) is 3.11. The number of carbonyl (C=O) groups is 2. The van der Waals surface area contributed by atoms with Gasteiger partial charge in [-0.3, -0.25) is 14.5 Å². The number of amides is 1. The van der Waals surface area contributed by atoms with Crippen LogP contribution in [0.15, 0.2) is 72.3 Å². The number of Topliss-reactive ketones (excluding diaryl/α,β-unsaturated/α-hetero) is 1.